The summed E-state index contributed by atoms with van der Waals surface area (Å²) in [6.07, 6.45) is 10.2. The van der Waals surface area contributed by atoms with Gasteiger partial charge in [-0.2, -0.15) is 5.10 Å². The van der Waals surface area contributed by atoms with Crippen LogP contribution in [0.3, 0.4) is 0 Å². The number of thiol groups is 1. The summed E-state index contributed by atoms with van der Waals surface area (Å²) >= 11 is 4.28. The predicted molar refractivity (Wildman–Crippen MR) is 159 cm³/mol. The molecule has 0 saturated heterocycles. The Kier molecular flexibility index (Phi) is 6.20. The molecule has 0 spiro atoms. The number of hydrogen-bond donors (Lipinski definition) is 2. The number of aliphatic hydroxyl groups excluding tert-OH is 1. The molecule has 3 fully saturated rings. The number of rotatable bonds is 4. The van der Waals surface area contributed by atoms with Crippen LogP contribution in [0.25, 0.3) is 0 Å². The first-order valence-corrected chi connectivity index (χ1v) is 15.1. The Morgan fingerprint density at radius 2 is 1.95 bits per heavy atom. The summed E-state index contributed by atoms with van der Waals surface area (Å²) in [6.45, 7) is 5.97. The predicted octanol–water partition coefficient (Wildman–Crippen LogP) is 6.03. The smallest absolute Gasteiger partial charge is 0.375 e. The van der Waals surface area contributed by atoms with E-state index >= 15 is 0 Å². The molecule has 0 amide bonds. The number of ether oxygens (including phenoxy) is 1. The Morgan fingerprint density at radius 1 is 1.19 bits per heavy atom. The van der Waals surface area contributed by atoms with Gasteiger partial charge in [-0.3, -0.25) is 9.80 Å². The molecule has 1 N–H and O–H groups in total. The van der Waals surface area contributed by atoms with Crippen LogP contribution >= 0.6 is 12.6 Å². The Morgan fingerprint density at radius 3 is 2.64 bits per heavy atom. The minimum absolute atomic E-state index is 0.0638. The van der Waals surface area contributed by atoms with E-state index in [-0.39, 0.29) is 35.4 Å². The summed E-state index contributed by atoms with van der Waals surface area (Å²) in [5.41, 5.74) is 1.16. The van der Waals surface area contributed by atoms with Crippen LogP contribution in [0.15, 0.2) is 69.4 Å². The molecule has 1 aromatic carbocycles. The number of aryl methyl sites for hydroxylation is 1. The van der Waals surface area contributed by atoms with Gasteiger partial charge in [-0.05, 0) is 86.8 Å². The number of nitrogens with zero attached hydrogens (tertiary/aromatic N) is 2. The van der Waals surface area contributed by atoms with Gasteiger partial charge in [0.1, 0.15) is 5.82 Å². The summed E-state index contributed by atoms with van der Waals surface area (Å²) in [5.74, 6) is -0.749. The molecule has 42 heavy (non-hydrogen) atoms. The lowest BCUT2D eigenvalue weighted by molar-refractivity contribution is -0.171. The van der Waals surface area contributed by atoms with Crippen LogP contribution in [0, 0.1) is 41.3 Å². The molecule has 2 aromatic rings. The lowest BCUT2D eigenvalue weighted by atomic mass is 9.46. The van der Waals surface area contributed by atoms with Gasteiger partial charge in [-0.1, -0.05) is 31.6 Å². The molecule has 9 heteroatoms. The molecule has 1 aromatic heterocycles. The van der Waals surface area contributed by atoms with E-state index in [0.29, 0.717) is 24.8 Å². The highest BCUT2D eigenvalue weighted by molar-refractivity contribution is 7.96. The Bertz CT molecular complexity index is 1560. The van der Waals surface area contributed by atoms with Gasteiger partial charge < -0.3 is 14.3 Å². The summed E-state index contributed by atoms with van der Waals surface area (Å²) in [4.78, 5) is 26.5. The Balaban J connectivity index is 1.21. The lowest BCUT2D eigenvalue weighted by Crippen LogP contribution is -2.62. The van der Waals surface area contributed by atoms with Crippen molar-refractivity contribution in [3.8, 4) is 0 Å². The fourth-order valence-electron chi connectivity index (χ4n) is 9.26. The molecule has 3 saturated carbocycles. The maximum Gasteiger partial charge on any atom is 0.375 e. The SMILES string of the molecule is Cc1ccoc1C(=O)O[C@]1(C(=O)S)CC[C@H]2[C@@H]3CCC4=CC5C(=C[C@]4(C)[C@H]3[C@@H](O)C[C@@]21C)C=NN5c1ccc(F)cc1. The normalized spacial score (nSPS) is 38.1. The van der Waals surface area contributed by atoms with Crippen molar-refractivity contribution in [3.05, 3.63) is 77.0 Å². The highest BCUT2D eigenvalue weighted by atomic mass is 32.1. The van der Waals surface area contributed by atoms with Crippen LogP contribution in [0.2, 0.25) is 0 Å². The largest absolute Gasteiger partial charge is 0.457 e. The van der Waals surface area contributed by atoms with E-state index < -0.39 is 33.6 Å². The number of allylic oxidation sites excluding steroid dienone is 2. The van der Waals surface area contributed by atoms with Gasteiger partial charge in [0.05, 0.1) is 30.3 Å². The third-order valence-electron chi connectivity index (χ3n) is 11.2. The van der Waals surface area contributed by atoms with E-state index in [2.05, 4.69) is 36.8 Å². The minimum Gasteiger partial charge on any atom is -0.457 e. The zero-order valence-corrected chi connectivity index (χ0v) is 24.8. The van der Waals surface area contributed by atoms with Crippen LogP contribution in [0.1, 0.15) is 62.1 Å². The van der Waals surface area contributed by atoms with E-state index in [1.165, 1.54) is 24.0 Å². The zero-order chi connectivity index (χ0) is 29.6. The van der Waals surface area contributed by atoms with Crippen molar-refractivity contribution in [2.45, 2.75) is 70.6 Å². The van der Waals surface area contributed by atoms with Gasteiger partial charge in [0.25, 0.3) is 0 Å². The molecule has 1 unspecified atom stereocenters. The van der Waals surface area contributed by atoms with Crippen molar-refractivity contribution in [2.24, 2.45) is 33.7 Å². The molecule has 1 aliphatic heterocycles. The van der Waals surface area contributed by atoms with Gasteiger partial charge in [-0.25, -0.2) is 9.18 Å². The van der Waals surface area contributed by atoms with Crippen molar-refractivity contribution < 1.29 is 28.2 Å². The first-order chi connectivity index (χ1) is 20.0. The average Bonchev–Trinajstić information content (AvgIpc) is 3.63. The third-order valence-corrected chi connectivity index (χ3v) is 11.6. The Labute approximate surface area is 249 Å². The van der Waals surface area contributed by atoms with Gasteiger partial charge >= 0.3 is 5.97 Å². The highest BCUT2D eigenvalue weighted by Gasteiger charge is 2.70. The monoisotopic (exact) mass is 590 g/mol. The molecule has 7 nitrogen and oxygen atoms in total. The number of anilines is 1. The molecule has 0 bridgehead atoms. The van der Waals surface area contributed by atoms with E-state index in [1.807, 2.05) is 18.1 Å². The molecule has 7 rings (SSSR count). The number of esters is 1. The molecule has 220 valence electrons. The lowest BCUT2D eigenvalue weighted by Gasteiger charge is -2.60. The Hall–Kier alpha value is -3.17. The first kappa shape index (κ1) is 27.7. The van der Waals surface area contributed by atoms with Crippen LogP contribution in [0.4, 0.5) is 10.1 Å². The van der Waals surface area contributed by atoms with Gasteiger partial charge in [0.15, 0.2) is 5.60 Å². The van der Waals surface area contributed by atoms with Crippen molar-refractivity contribution in [1.29, 1.82) is 0 Å². The van der Waals surface area contributed by atoms with Crippen molar-refractivity contribution >= 4 is 35.6 Å². The quantitative estimate of drug-likeness (QED) is 0.257. The number of carbonyl (C=O) groups is 2. The van der Waals surface area contributed by atoms with Crippen LogP contribution in [-0.2, 0) is 9.53 Å². The molecule has 8 atom stereocenters. The molecular weight excluding hydrogens is 555 g/mol. The second kappa shape index (κ2) is 9.41. The third kappa shape index (κ3) is 3.71. The maximum absolute atomic E-state index is 13.6. The number of furan rings is 1. The number of benzene rings is 1. The molecule has 5 aliphatic rings. The summed E-state index contributed by atoms with van der Waals surface area (Å²) in [5, 5.41) is 18.1. The van der Waals surface area contributed by atoms with Crippen molar-refractivity contribution in [3.63, 3.8) is 0 Å². The standard InChI is InChI=1S/C33H35FN2O5S/c1-18-11-13-40-28(18)29(38)41-33(30(39)42)12-10-24-23-9-4-20-14-25-19(17-35-36(25)22-7-5-21(34)6-8-22)15-31(20,2)27(23)26(37)16-32(24,33)3/h5-8,11,13-15,17,23-27,37H,4,9-10,12,16H2,1-3H3,(H,39,42)/t23-,24-,25?,26-,27+,31-,32-,33-/m0/s1. The second-order valence-electron chi connectivity index (χ2n) is 13.1. The average molecular weight is 591 g/mol. The van der Waals surface area contributed by atoms with E-state index in [0.717, 1.165) is 24.1 Å². The van der Waals surface area contributed by atoms with Crippen LogP contribution < -0.4 is 5.01 Å². The van der Waals surface area contributed by atoms with Gasteiger partial charge in [0, 0.05) is 22.3 Å². The minimum atomic E-state index is -1.45. The van der Waals surface area contributed by atoms with Crippen LogP contribution in [-0.4, -0.2) is 40.2 Å². The number of fused-ring (bicyclic) bond motifs is 6. The van der Waals surface area contributed by atoms with Gasteiger partial charge in [-0.15, -0.1) is 12.6 Å². The zero-order valence-electron chi connectivity index (χ0n) is 23.9. The number of aliphatic hydroxyl groups is 1. The highest BCUT2D eigenvalue weighted by Crippen LogP contribution is 2.68. The topological polar surface area (TPSA) is 92.3 Å². The second-order valence-corrected chi connectivity index (χ2v) is 13.6. The summed E-state index contributed by atoms with van der Waals surface area (Å²) < 4.78 is 25.0. The number of carbonyl (C=O) groups excluding carboxylic acids is 2. The molecule has 0 radical (unpaired) electrons. The first-order valence-electron chi connectivity index (χ1n) is 14.7. The number of halogens is 1. The van der Waals surface area contributed by atoms with Crippen LogP contribution in [0.5, 0.6) is 0 Å². The maximum atomic E-state index is 13.6. The van der Waals surface area contributed by atoms with E-state index in [1.54, 1.807) is 25.1 Å². The summed E-state index contributed by atoms with van der Waals surface area (Å²) in [7, 11) is 0. The fourth-order valence-corrected chi connectivity index (χ4v) is 9.67. The number of hydrogen-bond acceptors (Lipinski definition) is 7. The van der Waals surface area contributed by atoms with Crippen molar-refractivity contribution in [1.82, 2.24) is 0 Å². The number of hydrazone groups is 1. The molecular formula is C33H35FN2O5S. The van der Waals surface area contributed by atoms with Crippen molar-refractivity contribution in [2.75, 3.05) is 5.01 Å². The fraction of sp³-hybridized carbons (Fsp3) is 0.485. The van der Waals surface area contributed by atoms with E-state index in [9.17, 15) is 19.1 Å². The molecule has 4 aliphatic carbocycles. The van der Waals surface area contributed by atoms with Gasteiger partial charge in [0.2, 0.25) is 10.9 Å². The molecule has 2 heterocycles. The summed E-state index contributed by atoms with van der Waals surface area (Å²) in [6, 6.07) is 7.96. The van der Waals surface area contributed by atoms with E-state index in [4.69, 9.17) is 9.15 Å².